The van der Waals surface area contributed by atoms with Crippen LogP contribution in [0.4, 0.5) is 23.5 Å². The number of nitrogens with zero attached hydrogens (tertiary/aromatic N) is 6. The Morgan fingerprint density at radius 1 is 1.09 bits per heavy atom. The average molecular weight is 447 g/mol. The van der Waals surface area contributed by atoms with Gasteiger partial charge in [0.2, 0.25) is 5.95 Å². The number of rotatable bonds is 4. The van der Waals surface area contributed by atoms with E-state index in [0.29, 0.717) is 6.54 Å². The Morgan fingerprint density at radius 3 is 2.47 bits per heavy atom. The summed E-state index contributed by atoms with van der Waals surface area (Å²) in [6.45, 7) is 0.512. The molecule has 1 aliphatic heterocycles. The van der Waals surface area contributed by atoms with Gasteiger partial charge in [-0.3, -0.25) is 4.79 Å². The van der Waals surface area contributed by atoms with Gasteiger partial charge < -0.3 is 10.2 Å². The van der Waals surface area contributed by atoms with Crippen LogP contribution in [0.5, 0.6) is 0 Å². The lowest BCUT2D eigenvalue weighted by Crippen LogP contribution is -2.48. The van der Waals surface area contributed by atoms with Crippen LogP contribution in [-0.4, -0.2) is 54.4 Å². The molecule has 3 heterocycles. The molecule has 3 unspecified atom stereocenters. The van der Waals surface area contributed by atoms with Crippen molar-refractivity contribution < 1.29 is 22.4 Å². The van der Waals surface area contributed by atoms with E-state index in [9.17, 15) is 22.4 Å². The van der Waals surface area contributed by atoms with E-state index >= 15 is 0 Å². The van der Waals surface area contributed by atoms with Crippen LogP contribution in [0.15, 0.2) is 43.0 Å². The molecule has 1 saturated heterocycles. The molecule has 1 saturated carbocycles. The third-order valence-electron chi connectivity index (χ3n) is 5.87. The van der Waals surface area contributed by atoms with Crippen molar-refractivity contribution in [2.24, 2.45) is 5.92 Å². The van der Waals surface area contributed by atoms with E-state index in [0.717, 1.165) is 30.0 Å². The molecule has 1 amide bonds. The summed E-state index contributed by atoms with van der Waals surface area (Å²) in [5.41, 5.74) is -0.821. The van der Waals surface area contributed by atoms with E-state index < -0.39 is 17.6 Å². The van der Waals surface area contributed by atoms with Gasteiger partial charge in [-0.25, -0.2) is 14.4 Å². The van der Waals surface area contributed by atoms with Crippen LogP contribution in [0.25, 0.3) is 5.69 Å². The Bertz CT molecular complexity index is 1130. The molecule has 2 aliphatic rings. The van der Waals surface area contributed by atoms with Crippen molar-refractivity contribution in [1.82, 2.24) is 29.9 Å². The number of hydrogen-bond acceptors (Lipinski definition) is 6. The van der Waals surface area contributed by atoms with Crippen molar-refractivity contribution in [3.05, 3.63) is 59.9 Å². The van der Waals surface area contributed by atoms with Gasteiger partial charge in [0, 0.05) is 25.0 Å². The second-order valence-corrected chi connectivity index (χ2v) is 7.86. The number of likely N-dealkylation sites (tertiary alicyclic amines) is 1. The number of anilines is 1. The molecule has 12 heteroatoms. The molecule has 0 spiro atoms. The molecule has 3 aromatic rings. The number of carbonyl (C=O) groups is 1. The van der Waals surface area contributed by atoms with Gasteiger partial charge >= 0.3 is 6.18 Å². The van der Waals surface area contributed by atoms with Crippen molar-refractivity contribution in [3.8, 4) is 5.69 Å². The van der Waals surface area contributed by atoms with Gasteiger partial charge in [-0.15, -0.1) is 4.80 Å². The lowest BCUT2D eigenvalue weighted by Gasteiger charge is -2.34. The topological polar surface area (TPSA) is 88.8 Å². The smallest absolute Gasteiger partial charge is 0.349 e. The largest absolute Gasteiger partial charge is 0.419 e. The molecule has 5 rings (SSSR count). The van der Waals surface area contributed by atoms with Gasteiger partial charge in [0.15, 0.2) is 5.82 Å². The van der Waals surface area contributed by atoms with Gasteiger partial charge in [-0.1, -0.05) is 6.07 Å². The highest BCUT2D eigenvalue weighted by molar-refractivity contribution is 5.98. The summed E-state index contributed by atoms with van der Waals surface area (Å²) < 4.78 is 52.7. The minimum absolute atomic E-state index is 0.0270. The Labute approximate surface area is 179 Å². The number of fused-ring (bicyclic) bond motifs is 2. The first kappa shape index (κ1) is 20.3. The third-order valence-corrected chi connectivity index (χ3v) is 5.87. The number of carbonyl (C=O) groups excluding carboxylic acids is 1. The number of alkyl halides is 3. The molecule has 0 radical (unpaired) electrons. The van der Waals surface area contributed by atoms with E-state index in [4.69, 9.17) is 0 Å². The summed E-state index contributed by atoms with van der Waals surface area (Å²) in [6, 6.07) is 3.76. The lowest BCUT2D eigenvalue weighted by atomic mass is 10.0. The van der Waals surface area contributed by atoms with Crippen molar-refractivity contribution in [2.75, 3.05) is 11.9 Å². The van der Waals surface area contributed by atoms with Gasteiger partial charge in [-0.2, -0.15) is 23.4 Å². The van der Waals surface area contributed by atoms with E-state index in [1.807, 2.05) is 0 Å². The quantitative estimate of drug-likeness (QED) is 0.619. The standard InChI is InChI=1S/C20H17F4N7O/c21-14-3-1-2-13(17(14)31-27-4-5-28-31)18(32)30-10-11-6-15(16(30)7-11)29-19-25-8-12(9-26-19)20(22,23)24/h1-5,8-9,11,15-16H,6-7,10H2,(H,25,26,29). The minimum Gasteiger partial charge on any atom is -0.349 e. The van der Waals surface area contributed by atoms with Crippen LogP contribution in [0.2, 0.25) is 0 Å². The number of para-hydroxylation sites is 1. The highest BCUT2D eigenvalue weighted by Crippen LogP contribution is 2.40. The van der Waals surface area contributed by atoms with E-state index in [-0.39, 0.29) is 41.1 Å². The fraction of sp³-hybridized carbons (Fsp3) is 0.350. The number of amides is 1. The average Bonchev–Trinajstić information content (AvgIpc) is 3.50. The number of nitrogens with one attached hydrogen (secondary N) is 1. The zero-order chi connectivity index (χ0) is 22.5. The van der Waals surface area contributed by atoms with Crippen molar-refractivity contribution in [3.63, 3.8) is 0 Å². The first-order valence-electron chi connectivity index (χ1n) is 9.93. The number of benzene rings is 1. The summed E-state index contributed by atoms with van der Waals surface area (Å²) in [5.74, 6) is -0.695. The van der Waals surface area contributed by atoms with Crippen LogP contribution in [0.1, 0.15) is 28.8 Å². The van der Waals surface area contributed by atoms with Gasteiger partial charge in [0.1, 0.15) is 5.69 Å². The zero-order valence-electron chi connectivity index (χ0n) is 16.5. The van der Waals surface area contributed by atoms with Gasteiger partial charge in [0.05, 0.1) is 29.6 Å². The summed E-state index contributed by atoms with van der Waals surface area (Å²) in [5, 5.41) is 10.9. The number of piperidine rings is 1. The summed E-state index contributed by atoms with van der Waals surface area (Å²) in [7, 11) is 0. The monoisotopic (exact) mass is 447 g/mol. The number of halogens is 4. The maximum Gasteiger partial charge on any atom is 0.419 e. The molecule has 1 aliphatic carbocycles. The molecule has 166 valence electrons. The molecule has 2 aromatic heterocycles. The Morgan fingerprint density at radius 2 is 1.81 bits per heavy atom. The summed E-state index contributed by atoms with van der Waals surface area (Å²) in [4.78, 5) is 23.6. The van der Waals surface area contributed by atoms with Crippen molar-refractivity contribution in [1.29, 1.82) is 0 Å². The Hall–Kier alpha value is -3.57. The fourth-order valence-corrected chi connectivity index (χ4v) is 4.51. The molecule has 1 aromatic carbocycles. The predicted molar refractivity (Wildman–Crippen MR) is 103 cm³/mol. The van der Waals surface area contributed by atoms with Gasteiger partial charge in [-0.05, 0) is 30.9 Å². The maximum absolute atomic E-state index is 14.5. The molecular formula is C20H17F4N7O. The molecule has 3 atom stereocenters. The molecular weight excluding hydrogens is 430 g/mol. The third kappa shape index (κ3) is 3.55. The molecule has 2 bridgehead atoms. The van der Waals surface area contributed by atoms with Crippen molar-refractivity contribution in [2.45, 2.75) is 31.1 Å². The Balaban J connectivity index is 1.37. The van der Waals surface area contributed by atoms with E-state index in [1.165, 1.54) is 30.6 Å². The van der Waals surface area contributed by atoms with Crippen LogP contribution in [0.3, 0.4) is 0 Å². The van der Waals surface area contributed by atoms with Crippen LogP contribution < -0.4 is 5.32 Å². The van der Waals surface area contributed by atoms with E-state index in [1.54, 1.807) is 4.90 Å². The molecule has 2 fully saturated rings. The van der Waals surface area contributed by atoms with Crippen LogP contribution >= 0.6 is 0 Å². The zero-order valence-corrected chi connectivity index (χ0v) is 16.5. The maximum atomic E-state index is 14.5. The summed E-state index contributed by atoms with van der Waals surface area (Å²) >= 11 is 0. The normalized spacial score (nSPS) is 22.4. The lowest BCUT2D eigenvalue weighted by molar-refractivity contribution is -0.138. The van der Waals surface area contributed by atoms with Gasteiger partial charge in [0.25, 0.3) is 5.91 Å². The second kappa shape index (κ2) is 7.53. The van der Waals surface area contributed by atoms with Crippen LogP contribution in [-0.2, 0) is 6.18 Å². The van der Waals surface area contributed by atoms with Crippen LogP contribution in [0, 0.1) is 11.7 Å². The number of aromatic nitrogens is 5. The minimum atomic E-state index is -4.51. The molecule has 8 nitrogen and oxygen atoms in total. The van der Waals surface area contributed by atoms with Crippen molar-refractivity contribution >= 4 is 11.9 Å². The molecule has 32 heavy (non-hydrogen) atoms. The predicted octanol–water partition coefficient (Wildman–Crippen LogP) is 2.93. The Kier molecular flexibility index (Phi) is 4.79. The van der Waals surface area contributed by atoms with E-state index in [2.05, 4.69) is 25.5 Å². The second-order valence-electron chi connectivity index (χ2n) is 7.86. The number of hydrogen-bond donors (Lipinski definition) is 1. The first-order valence-corrected chi connectivity index (χ1v) is 9.93. The highest BCUT2D eigenvalue weighted by atomic mass is 19.4. The summed E-state index contributed by atoms with van der Waals surface area (Å²) in [6.07, 6.45) is 1.18. The first-order chi connectivity index (χ1) is 15.3. The SMILES string of the molecule is O=C(c1cccc(F)c1-n1nccn1)N1CC2CC(Nc3ncc(C(F)(F)F)cn3)C1C2. The highest BCUT2D eigenvalue weighted by Gasteiger charge is 2.47. The molecule has 1 N–H and O–H groups in total. The fourth-order valence-electron chi connectivity index (χ4n) is 4.51.